The van der Waals surface area contributed by atoms with Gasteiger partial charge >= 0.3 is 6.18 Å². The van der Waals surface area contributed by atoms with Crippen LogP contribution < -0.4 is 9.47 Å². The first-order valence-electron chi connectivity index (χ1n) is 6.40. The summed E-state index contributed by atoms with van der Waals surface area (Å²) in [6.07, 6.45) is -4.58. The summed E-state index contributed by atoms with van der Waals surface area (Å²) >= 11 is 0. The molecule has 0 atom stereocenters. The van der Waals surface area contributed by atoms with Crippen LogP contribution in [0.1, 0.15) is 24.2 Å². The largest absolute Gasteiger partial charge is 0.493 e. The number of hydrogen-bond donors (Lipinski definition) is 0. The summed E-state index contributed by atoms with van der Waals surface area (Å²) < 4.78 is 61.5. The van der Waals surface area contributed by atoms with Crippen LogP contribution in [0.5, 0.6) is 11.5 Å². The highest BCUT2D eigenvalue weighted by Gasteiger charge is 2.35. The van der Waals surface area contributed by atoms with Gasteiger partial charge in [0.15, 0.2) is 11.5 Å². The van der Waals surface area contributed by atoms with E-state index in [0.29, 0.717) is 4.90 Å². The lowest BCUT2D eigenvalue weighted by molar-refractivity contribution is -0.143. The number of hydrogen-bond acceptors (Lipinski definition) is 3. The Morgan fingerprint density at radius 3 is 2.09 bits per heavy atom. The summed E-state index contributed by atoms with van der Waals surface area (Å²) in [7, 11) is 2.56. The van der Waals surface area contributed by atoms with Gasteiger partial charge < -0.3 is 14.4 Å². The lowest BCUT2D eigenvalue weighted by Gasteiger charge is -2.28. The van der Waals surface area contributed by atoms with Crippen molar-refractivity contribution < 1.29 is 31.8 Å². The van der Waals surface area contributed by atoms with Crippen LogP contribution in [0.3, 0.4) is 0 Å². The third kappa shape index (κ3) is 4.25. The molecule has 0 aliphatic rings. The molecular weight excluding hydrogens is 306 g/mol. The fourth-order valence-electron chi connectivity index (χ4n) is 1.85. The number of carbonyl (C=O) groups is 1. The minimum atomic E-state index is -4.58. The van der Waals surface area contributed by atoms with E-state index in [0.717, 1.165) is 12.1 Å². The molecule has 0 heterocycles. The molecule has 0 unspecified atom stereocenters. The first-order chi connectivity index (χ1) is 10.1. The van der Waals surface area contributed by atoms with Gasteiger partial charge in [-0.15, -0.1) is 0 Å². The van der Waals surface area contributed by atoms with Crippen molar-refractivity contribution in [3.63, 3.8) is 0 Å². The maximum atomic E-state index is 14.0. The second-order valence-electron chi connectivity index (χ2n) is 4.83. The van der Waals surface area contributed by atoms with Gasteiger partial charge in [-0.3, -0.25) is 4.79 Å². The molecule has 124 valence electrons. The SMILES string of the molecule is COc1cc(F)c(C(=O)N(CC(F)(F)F)C(C)C)cc1OC. The Labute approximate surface area is 125 Å². The molecule has 0 fully saturated rings. The van der Waals surface area contributed by atoms with Crippen LogP contribution in [0.25, 0.3) is 0 Å². The van der Waals surface area contributed by atoms with Crippen LogP contribution in [-0.4, -0.2) is 43.8 Å². The van der Waals surface area contributed by atoms with Gasteiger partial charge in [0.25, 0.3) is 5.91 Å². The molecule has 0 aliphatic carbocycles. The second-order valence-corrected chi connectivity index (χ2v) is 4.83. The number of rotatable bonds is 5. The fourth-order valence-corrected chi connectivity index (χ4v) is 1.85. The van der Waals surface area contributed by atoms with Crippen molar-refractivity contribution in [2.75, 3.05) is 20.8 Å². The summed E-state index contributed by atoms with van der Waals surface area (Å²) in [5.74, 6) is -1.94. The second kappa shape index (κ2) is 6.85. The van der Waals surface area contributed by atoms with Crippen molar-refractivity contribution >= 4 is 5.91 Å². The van der Waals surface area contributed by atoms with Gasteiger partial charge in [0, 0.05) is 12.1 Å². The first-order valence-corrected chi connectivity index (χ1v) is 6.40. The van der Waals surface area contributed by atoms with E-state index >= 15 is 0 Å². The van der Waals surface area contributed by atoms with E-state index in [1.54, 1.807) is 0 Å². The van der Waals surface area contributed by atoms with Crippen LogP contribution in [-0.2, 0) is 0 Å². The van der Waals surface area contributed by atoms with E-state index < -0.39 is 36.1 Å². The van der Waals surface area contributed by atoms with Crippen LogP contribution in [0.2, 0.25) is 0 Å². The summed E-state index contributed by atoms with van der Waals surface area (Å²) in [4.78, 5) is 12.8. The number of amides is 1. The van der Waals surface area contributed by atoms with E-state index in [-0.39, 0.29) is 11.5 Å². The first kappa shape index (κ1) is 18.1. The number of alkyl halides is 3. The quantitative estimate of drug-likeness (QED) is 0.781. The minimum absolute atomic E-state index is 0.0449. The third-order valence-corrected chi connectivity index (χ3v) is 2.94. The lowest BCUT2D eigenvalue weighted by Crippen LogP contribution is -2.43. The maximum absolute atomic E-state index is 14.0. The Balaban J connectivity index is 3.24. The molecule has 0 bridgehead atoms. The van der Waals surface area contributed by atoms with Crippen LogP contribution in [0, 0.1) is 5.82 Å². The number of benzene rings is 1. The van der Waals surface area contributed by atoms with Gasteiger partial charge in [-0.25, -0.2) is 4.39 Å². The molecule has 4 nitrogen and oxygen atoms in total. The van der Waals surface area contributed by atoms with Gasteiger partial charge in [-0.2, -0.15) is 13.2 Å². The highest BCUT2D eigenvalue weighted by Crippen LogP contribution is 2.31. The van der Waals surface area contributed by atoms with Crippen LogP contribution >= 0.6 is 0 Å². The number of carbonyl (C=O) groups excluding carboxylic acids is 1. The Kier molecular flexibility index (Phi) is 5.62. The van der Waals surface area contributed by atoms with Crippen LogP contribution in [0.4, 0.5) is 17.6 Å². The van der Waals surface area contributed by atoms with E-state index in [1.165, 1.54) is 28.1 Å². The molecule has 1 aromatic carbocycles. The molecule has 0 saturated heterocycles. The van der Waals surface area contributed by atoms with Crippen molar-refractivity contribution in [1.82, 2.24) is 4.90 Å². The predicted octanol–water partition coefficient (Wildman–Crippen LogP) is 3.26. The summed E-state index contributed by atoms with van der Waals surface area (Å²) in [6.45, 7) is 1.38. The topological polar surface area (TPSA) is 38.8 Å². The summed E-state index contributed by atoms with van der Waals surface area (Å²) in [6, 6.07) is 1.18. The van der Waals surface area contributed by atoms with Crippen molar-refractivity contribution in [3.05, 3.63) is 23.5 Å². The normalized spacial score (nSPS) is 11.5. The zero-order valence-corrected chi connectivity index (χ0v) is 12.6. The molecule has 0 radical (unpaired) electrons. The predicted molar refractivity (Wildman–Crippen MR) is 71.7 cm³/mol. The third-order valence-electron chi connectivity index (χ3n) is 2.94. The number of ether oxygens (including phenoxy) is 2. The molecule has 22 heavy (non-hydrogen) atoms. The smallest absolute Gasteiger partial charge is 0.406 e. The molecule has 0 saturated carbocycles. The molecule has 1 aromatic rings. The number of nitrogens with zero attached hydrogens (tertiary/aromatic N) is 1. The molecule has 8 heteroatoms. The van der Waals surface area contributed by atoms with Crippen molar-refractivity contribution in [1.29, 1.82) is 0 Å². The summed E-state index contributed by atoms with van der Waals surface area (Å²) in [5.41, 5.74) is -0.504. The van der Waals surface area contributed by atoms with Gasteiger partial charge in [0.2, 0.25) is 0 Å². The standard InChI is InChI=1S/C14H17F4NO3/c1-8(2)19(7-14(16,17)18)13(20)9-5-11(21-3)12(22-4)6-10(9)15/h5-6,8H,7H2,1-4H3. The number of methoxy groups -OCH3 is 2. The highest BCUT2D eigenvalue weighted by molar-refractivity contribution is 5.95. The molecular formula is C14H17F4NO3. The Bertz CT molecular complexity index is 544. The molecule has 1 amide bonds. The van der Waals surface area contributed by atoms with Crippen molar-refractivity contribution in [3.8, 4) is 11.5 Å². The molecule has 0 spiro atoms. The molecule has 0 aliphatic heterocycles. The Hall–Kier alpha value is -1.99. The average Bonchev–Trinajstić information content (AvgIpc) is 2.42. The molecule has 1 rings (SSSR count). The van der Waals surface area contributed by atoms with Gasteiger partial charge in [0.05, 0.1) is 19.8 Å². The van der Waals surface area contributed by atoms with Crippen molar-refractivity contribution in [2.24, 2.45) is 0 Å². The zero-order chi connectivity index (χ0) is 17.1. The monoisotopic (exact) mass is 323 g/mol. The van der Waals surface area contributed by atoms with E-state index in [2.05, 4.69) is 0 Å². The van der Waals surface area contributed by atoms with E-state index in [9.17, 15) is 22.4 Å². The number of halogens is 4. The molecule has 0 aromatic heterocycles. The lowest BCUT2D eigenvalue weighted by atomic mass is 10.1. The van der Waals surface area contributed by atoms with E-state index in [1.807, 2.05) is 0 Å². The average molecular weight is 323 g/mol. The van der Waals surface area contributed by atoms with Crippen LogP contribution in [0.15, 0.2) is 12.1 Å². The van der Waals surface area contributed by atoms with Gasteiger partial charge in [-0.05, 0) is 19.9 Å². The Morgan fingerprint density at radius 2 is 1.68 bits per heavy atom. The van der Waals surface area contributed by atoms with Gasteiger partial charge in [-0.1, -0.05) is 0 Å². The molecule has 0 N–H and O–H groups in total. The minimum Gasteiger partial charge on any atom is -0.493 e. The Morgan fingerprint density at radius 1 is 1.18 bits per heavy atom. The summed E-state index contributed by atoms with van der Waals surface area (Å²) in [5, 5.41) is 0. The van der Waals surface area contributed by atoms with Crippen molar-refractivity contribution in [2.45, 2.75) is 26.1 Å². The van der Waals surface area contributed by atoms with Gasteiger partial charge in [0.1, 0.15) is 12.4 Å². The fraction of sp³-hybridized carbons (Fsp3) is 0.500. The van der Waals surface area contributed by atoms with E-state index in [4.69, 9.17) is 9.47 Å². The highest BCUT2D eigenvalue weighted by atomic mass is 19.4. The zero-order valence-electron chi connectivity index (χ0n) is 12.6. The maximum Gasteiger partial charge on any atom is 0.406 e.